The zero-order valence-electron chi connectivity index (χ0n) is 12.0. The van der Waals surface area contributed by atoms with E-state index in [0.717, 1.165) is 12.8 Å². The summed E-state index contributed by atoms with van der Waals surface area (Å²) in [5.74, 6) is 0. The number of hydrogen-bond acceptors (Lipinski definition) is 2. The summed E-state index contributed by atoms with van der Waals surface area (Å²) in [7, 11) is 2.20. The van der Waals surface area contributed by atoms with E-state index in [-0.39, 0.29) is 16.9 Å². The topological polar surface area (TPSA) is 23.5 Å². The van der Waals surface area contributed by atoms with E-state index < -0.39 is 0 Å². The van der Waals surface area contributed by atoms with Crippen LogP contribution in [0.5, 0.6) is 0 Å². The summed E-state index contributed by atoms with van der Waals surface area (Å²) in [6.07, 6.45) is 8.65. The van der Waals surface area contributed by atoms with Gasteiger partial charge in [0.25, 0.3) is 0 Å². The van der Waals surface area contributed by atoms with Crippen LogP contribution in [-0.2, 0) is 0 Å². The van der Waals surface area contributed by atoms with Gasteiger partial charge in [0.1, 0.15) is 0 Å². The Balaban J connectivity index is 2.13. The molecular weight excluding hydrogens is 222 g/mol. The van der Waals surface area contributed by atoms with Crippen LogP contribution in [0.4, 0.5) is 0 Å². The molecule has 2 aliphatic carbocycles. The minimum atomic E-state index is -0.147. The highest BCUT2D eigenvalue weighted by Crippen LogP contribution is 2.61. The molecular formula is C16H25NO. The highest BCUT2D eigenvalue weighted by molar-refractivity contribution is 5.42. The summed E-state index contributed by atoms with van der Waals surface area (Å²) in [5, 5.41) is 10.2. The zero-order valence-corrected chi connectivity index (χ0v) is 12.0. The van der Waals surface area contributed by atoms with E-state index in [9.17, 15) is 5.11 Å². The first-order chi connectivity index (χ1) is 8.38. The van der Waals surface area contributed by atoms with Gasteiger partial charge in [0.05, 0.1) is 6.10 Å². The molecule has 0 spiro atoms. The molecule has 1 unspecified atom stereocenters. The van der Waals surface area contributed by atoms with Crippen LogP contribution in [0, 0.1) is 10.8 Å². The second-order valence-electron chi connectivity index (χ2n) is 7.11. The van der Waals surface area contributed by atoms with E-state index >= 15 is 0 Å². The van der Waals surface area contributed by atoms with Crippen molar-refractivity contribution >= 4 is 0 Å². The van der Waals surface area contributed by atoms with Crippen molar-refractivity contribution in [1.82, 2.24) is 4.90 Å². The van der Waals surface area contributed by atoms with Gasteiger partial charge in [-0.15, -0.1) is 0 Å². The lowest BCUT2D eigenvalue weighted by Gasteiger charge is -2.54. The lowest BCUT2D eigenvalue weighted by Crippen LogP contribution is -2.54. The Hall–Kier alpha value is -0.760. The summed E-state index contributed by atoms with van der Waals surface area (Å²) in [6, 6.07) is 0.462. The minimum Gasteiger partial charge on any atom is -0.393 e. The molecule has 3 atom stereocenters. The summed E-state index contributed by atoms with van der Waals surface area (Å²) in [4.78, 5) is 2.43. The summed E-state index contributed by atoms with van der Waals surface area (Å²) >= 11 is 0. The third-order valence-electron chi connectivity index (χ3n) is 5.93. The Labute approximate surface area is 110 Å². The third-order valence-corrected chi connectivity index (χ3v) is 5.93. The first-order valence-electron chi connectivity index (χ1n) is 7.19. The van der Waals surface area contributed by atoms with Gasteiger partial charge in [-0.1, -0.05) is 26.8 Å². The predicted molar refractivity (Wildman–Crippen MR) is 74.1 cm³/mol. The van der Waals surface area contributed by atoms with Gasteiger partial charge in [-0.3, -0.25) is 0 Å². The van der Waals surface area contributed by atoms with Crippen molar-refractivity contribution in [3.63, 3.8) is 0 Å². The Bertz CT molecular complexity index is 434. The molecule has 0 aromatic heterocycles. The number of aliphatic hydroxyl groups excluding tert-OH is 1. The lowest BCUT2D eigenvalue weighted by molar-refractivity contribution is -0.0534. The predicted octanol–water partition coefficient (Wildman–Crippen LogP) is 3.09. The standard InChI is InChI=1S/C16H25NO/c1-15(2)10-11(18)9-14-16(15,3)12-7-5-6-8-13(12)17(14)4/h6,8,11,14,18H,5,7,9-10H2,1-4H3/t11?,14-,16-/m1/s1. The van der Waals surface area contributed by atoms with Crippen LogP contribution in [0.15, 0.2) is 23.4 Å². The molecule has 0 aromatic rings. The molecule has 1 aliphatic heterocycles. The van der Waals surface area contributed by atoms with Crippen molar-refractivity contribution in [2.24, 2.45) is 10.8 Å². The zero-order chi connectivity index (χ0) is 13.1. The van der Waals surface area contributed by atoms with E-state index in [1.165, 1.54) is 18.5 Å². The maximum absolute atomic E-state index is 10.2. The van der Waals surface area contributed by atoms with Crippen LogP contribution in [0.25, 0.3) is 0 Å². The Kier molecular flexibility index (Phi) is 2.48. The van der Waals surface area contributed by atoms with Gasteiger partial charge in [0.2, 0.25) is 0 Å². The number of hydrogen-bond donors (Lipinski definition) is 1. The fourth-order valence-corrected chi connectivity index (χ4v) is 4.66. The van der Waals surface area contributed by atoms with E-state index in [4.69, 9.17) is 0 Å². The van der Waals surface area contributed by atoms with Crippen molar-refractivity contribution in [1.29, 1.82) is 0 Å². The molecule has 0 bridgehead atoms. The molecule has 1 fully saturated rings. The van der Waals surface area contributed by atoms with Crippen molar-refractivity contribution in [2.45, 2.75) is 58.6 Å². The van der Waals surface area contributed by atoms with Crippen molar-refractivity contribution in [3.05, 3.63) is 23.4 Å². The molecule has 2 heteroatoms. The summed E-state index contributed by atoms with van der Waals surface area (Å²) in [5.41, 5.74) is 3.46. The highest BCUT2D eigenvalue weighted by Gasteiger charge is 2.58. The third kappa shape index (κ3) is 1.33. The smallest absolute Gasteiger partial charge is 0.0565 e. The van der Waals surface area contributed by atoms with Crippen molar-refractivity contribution in [2.75, 3.05) is 7.05 Å². The van der Waals surface area contributed by atoms with Gasteiger partial charge < -0.3 is 10.0 Å². The van der Waals surface area contributed by atoms with Gasteiger partial charge in [-0.25, -0.2) is 0 Å². The number of fused-ring (bicyclic) bond motifs is 2. The van der Waals surface area contributed by atoms with Crippen LogP contribution in [-0.4, -0.2) is 29.2 Å². The molecule has 3 aliphatic rings. The molecule has 0 saturated heterocycles. The van der Waals surface area contributed by atoms with Crippen LogP contribution in [0.1, 0.15) is 46.5 Å². The van der Waals surface area contributed by atoms with Gasteiger partial charge in [0.15, 0.2) is 0 Å². The molecule has 1 N–H and O–H groups in total. The molecule has 1 saturated carbocycles. The van der Waals surface area contributed by atoms with Gasteiger partial charge in [-0.05, 0) is 42.7 Å². The lowest BCUT2D eigenvalue weighted by atomic mass is 9.53. The van der Waals surface area contributed by atoms with E-state index in [1.807, 2.05) is 0 Å². The second-order valence-corrected chi connectivity index (χ2v) is 7.11. The highest BCUT2D eigenvalue weighted by atomic mass is 16.3. The van der Waals surface area contributed by atoms with Crippen molar-refractivity contribution < 1.29 is 5.11 Å². The molecule has 1 heterocycles. The van der Waals surface area contributed by atoms with Gasteiger partial charge in [-0.2, -0.15) is 0 Å². The SMILES string of the molecule is CN1C2=C(CCC=C2)[C@]2(C)[C@H]1CC(O)CC2(C)C. The molecule has 3 rings (SSSR count). The number of likely N-dealkylation sites (N-methyl/N-ethyl adjacent to an activating group) is 1. The maximum Gasteiger partial charge on any atom is 0.0565 e. The van der Waals surface area contributed by atoms with Gasteiger partial charge in [0, 0.05) is 24.2 Å². The van der Waals surface area contributed by atoms with Crippen LogP contribution in [0.3, 0.4) is 0 Å². The number of aliphatic hydroxyl groups is 1. The summed E-state index contributed by atoms with van der Waals surface area (Å²) < 4.78 is 0. The minimum absolute atomic E-state index is 0.147. The average molecular weight is 247 g/mol. The normalized spacial score (nSPS) is 41.9. The second kappa shape index (κ2) is 3.63. The number of allylic oxidation sites excluding steroid dienone is 2. The molecule has 100 valence electrons. The number of rotatable bonds is 0. The maximum atomic E-state index is 10.2. The Morgan fingerprint density at radius 2 is 2.06 bits per heavy atom. The fraction of sp³-hybridized carbons (Fsp3) is 0.750. The molecule has 2 nitrogen and oxygen atoms in total. The summed E-state index contributed by atoms with van der Waals surface area (Å²) in [6.45, 7) is 7.11. The first kappa shape index (κ1) is 12.3. The van der Waals surface area contributed by atoms with Crippen LogP contribution in [0.2, 0.25) is 0 Å². The first-order valence-corrected chi connectivity index (χ1v) is 7.19. The fourth-order valence-electron chi connectivity index (χ4n) is 4.66. The van der Waals surface area contributed by atoms with E-state index in [1.54, 1.807) is 5.57 Å². The average Bonchev–Trinajstić information content (AvgIpc) is 2.52. The quantitative estimate of drug-likeness (QED) is 0.711. The van der Waals surface area contributed by atoms with Gasteiger partial charge >= 0.3 is 0 Å². The van der Waals surface area contributed by atoms with Crippen molar-refractivity contribution in [3.8, 4) is 0 Å². The van der Waals surface area contributed by atoms with E-state index in [0.29, 0.717) is 6.04 Å². The van der Waals surface area contributed by atoms with E-state index in [2.05, 4.69) is 44.9 Å². The number of nitrogens with zero attached hydrogens (tertiary/aromatic N) is 1. The molecule has 0 radical (unpaired) electrons. The molecule has 0 aromatic carbocycles. The Morgan fingerprint density at radius 3 is 2.78 bits per heavy atom. The Morgan fingerprint density at radius 1 is 1.33 bits per heavy atom. The largest absolute Gasteiger partial charge is 0.393 e. The molecule has 18 heavy (non-hydrogen) atoms. The van der Waals surface area contributed by atoms with Crippen LogP contribution >= 0.6 is 0 Å². The van der Waals surface area contributed by atoms with Crippen LogP contribution < -0.4 is 0 Å². The monoisotopic (exact) mass is 247 g/mol. The molecule has 0 amide bonds.